The number of amides is 1. The van der Waals surface area contributed by atoms with Gasteiger partial charge in [-0.2, -0.15) is 0 Å². The lowest BCUT2D eigenvalue weighted by Gasteiger charge is -2.35. The van der Waals surface area contributed by atoms with Crippen molar-refractivity contribution >= 4 is 5.91 Å². The Balaban J connectivity index is 2.26. The van der Waals surface area contributed by atoms with Gasteiger partial charge in [-0.15, -0.1) is 0 Å². The Hall–Kier alpha value is -0.610. The van der Waals surface area contributed by atoms with E-state index in [0.717, 1.165) is 39.1 Å². The Labute approximate surface area is 91.9 Å². The summed E-state index contributed by atoms with van der Waals surface area (Å²) in [7, 11) is 0. The van der Waals surface area contributed by atoms with E-state index in [4.69, 9.17) is 5.11 Å². The fourth-order valence-corrected chi connectivity index (χ4v) is 1.85. The topological polar surface area (TPSA) is 43.8 Å². The average Bonchev–Trinajstić information content (AvgIpc) is 2.26. The van der Waals surface area contributed by atoms with E-state index < -0.39 is 0 Å². The molecule has 1 aliphatic rings. The minimum absolute atomic E-state index is 0.106. The zero-order valence-corrected chi connectivity index (χ0v) is 9.78. The van der Waals surface area contributed by atoms with Gasteiger partial charge >= 0.3 is 0 Å². The molecule has 1 fully saturated rings. The maximum absolute atomic E-state index is 11.7. The molecular formula is C11H22N2O2. The van der Waals surface area contributed by atoms with E-state index in [0.29, 0.717) is 0 Å². The minimum Gasteiger partial charge on any atom is -0.396 e. The fraction of sp³-hybridized carbons (Fsp3) is 0.909. The van der Waals surface area contributed by atoms with Crippen LogP contribution < -0.4 is 0 Å². The minimum atomic E-state index is 0.106. The highest BCUT2D eigenvalue weighted by Crippen LogP contribution is 2.07. The summed E-state index contributed by atoms with van der Waals surface area (Å²) in [5.41, 5.74) is 0. The van der Waals surface area contributed by atoms with Crippen molar-refractivity contribution in [1.29, 1.82) is 0 Å². The molecule has 4 nitrogen and oxygen atoms in total. The molecule has 0 radical (unpaired) electrons. The van der Waals surface area contributed by atoms with Gasteiger partial charge in [0.1, 0.15) is 0 Å². The third kappa shape index (κ3) is 3.80. The predicted octanol–water partition coefficient (Wildman–Crippen LogP) is 0.169. The first-order valence-corrected chi connectivity index (χ1v) is 5.77. The summed E-state index contributed by atoms with van der Waals surface area (Å²) < 4.78 is 0. The van der Waals surface area contributed by atoms with Crippen LogP contribution in [0.3, 0.4) is 0 Å². The van der Waals surface area contributed by atoms with Gasteiger partial charge in [0.15, 0.2) is 0 Å². The SMILES string of the molecule is CC(C)C(=O)N1CCN(CCCO)CC1. The Bertz CT molecular complexity index is 199. The molecule has 1 heterocycles. The smallest absolute Gasteiger partial charge is 0.225 e. The van der Waals surface area contributed by atoms with Crippen molar-refractivity contribution in [3.05, 3.63) is 0 Å². The number of aliphatic hydroxyl groups excluding tert-OH is 1. The second-order valence-electron chi connectivity index (χ2n) is 4.40. The third-order valence-electron chi connectivity index (χ3n) is 2.81. The van der Waals surface area contributed by atoms with Crippen LogP contribution in [0.5, 0.6) is 0 Å². The third-order valence-corrected chi connectivity index (χ3v) is 2.81. The number of carbonyl (C=O) groups excluding carboxylic acids is 1. The lowest BCUT2D eigenvalue weighted by molar-refractivity contribution is -0.136. The molecule has 0 unspecified atom stereocenters. The van der Waals surface area contributed by atoms with Crippen LogP contribution in [0.1, 0.15) is 20.3 Å². The molecule has 0 aromatic carbocycles. The Morgan fingerprint density at radius 1 is 1.27 bits per heavy atom. The van der Waals surface area contributed by atoms with Gasteiger partial charge < -0.3 is 10.0 Å². The van der Waals surface area contributed by atoms with E-state index in [9.17, 15) is 4.79 Å². The molecule has 0 atom stereocenters. The number of aliphatic hydroxyl groups is 1. The summed E-state index contributed by atoms with van der Waals surface area (Å²) in [6.45, 7) is 8.65. The lowest BCUT2D eigenvalue weighted by atomic mass is 10.1. The van der Waals surface area contributed by atoms with E-state index in [1.54, 1.807) is 0 Å². The molecule has 0 saturated carbocycles. The average molecular weight is 214 g/mol. The molecule has 1 rings (SSSR count). The molecule has 1 amide bonds. The van der Waals surface area contributed by atoms with E-state index in [-0.39, 0.29) is 18.4 Å². The Kier molecular flexibility index (Phi) is 5.05. The van der Waals surface area contributed by atoms with Crippen LogP contribution >= 0.6 is 0 Å². The number of carbonyl (C=O) groups is 1. The van der Waals surface area contributed by atoms with Gasteiger partial charge in [-0.25, -0.2) is 0 Å². The molecule has 0 bridgehead atoms. The fourth-order valence-electron chi connectivity index (χ4n) is 1.85. The van der Waals surface area contributed by atoms with E-state index in [1.165, 1.54) is 0 Å². The van der Waals surface area contributed by atoms with Crippen molar-refractivity contribution in [2.24, 2.45) is 5.92 Å². The second-order valence-corrected chi connectivity index (χ2v) is 4.40. The molecule has 88 valence electrons. The number of rotatable bonds is 4. The summed E-state index contributed by atoms with van der Waals surface area (Å²) in [6, 6.07) is 0. The maximum Gasteiger partial charge on any atom is 0.225 e. The van der Waals surface area contributed by atoms with Crippen LogP contribution in [0, 0.1) is 5.92 Å². The van der Waals surface area contributed by atoms with Gasteiger partial charge in [0.2, 0.25) is 5.91 Å². The number of hydrogen-bond acceptors (Lipinski definition) is 3. The molecule has 1 N–H and O–H groups in total. The van der Waals surface area contributed by atoms with Gasteiger partial charge in [-0.1, -0.05) is 13.8 Å². The molecule has 0 aliphatic carbocycles. The van der Waals surface area contributed by atoms with Crippen LogP contribution in [-0.4, -0.2) is 60.1 Å². The standard InChI is InChI=1S/C11H22N2O2/c1-10(2)11(15)13-7-5-12(6-8-13)4-3-9-14/h10,14H,3-9H2,1-2H3. The van der Waals surface area contributed by atoms with Crippen molar-refractivity contribution in [2.45, 2.75) is 20.3 Å². The van der Waals surface area contributed by atoms with Crippen LogP contribution in [-0.2, 0) is 4.79 Å². The van der Waals surface area contributed by atoms with Crippen LogP contribution in [0.2, 0.25) is 0 Å². The molecular weight excluding hydrogens is 192 g/mol. The molecule has 0 aromatic rings. The number of hydrogen-bond donors (Lipinski definition) is 1. The molecule has 0 aromatic heterocycles. The summed E-state index contributed by atoms with van der Waals surface area (Å²) >= 11 is 0. The molecule has 4 heteroatoms. The predicted molar refractivity (Wildman–Crippen MR) is 59.6 cm³/mol. The monoisotopic (exact) mass is 214 g/mol. The van der Waals surface area contributed by atoms with Crippen LogP contribution in [0.15, 0.2) is 0 Å². The summed E-state index contributed by atoms with van der Waals surface area (Å²) in [5.74, 6) is 0.366. The van der Waals surface area contributed by atoms with Crippen LogP contribution in [0.25, 0.3) is 0 Å². The first-order valence-electron chi connectivity index (χ1n) is 5.77. The highest BCUT2D eigenvalue weighted by Gasteiger charge is 2.22. The van der Waals surface area contributed by atoms with Crippen molar-refractivity contribution < 1.29 is 9.90 Å². The van der Waals surface area contributed by atoms with E-state index in [1.807, 2.05) is 18.7 Å². The quantitative estimate of drug-likeness (QED) is 0.725. The zero-order chi connectivity index (χ0) is 11.3. The van der Waals surface area contributed by atoms with Crippen LogP contribution in [0.4, 0.5) is 0 Å². The van der Waals surface area contributed by atoms with Gasteiger partial charge in [0, 0.05) is 45.2 Å². The van der Waals surface area contributed by atoms with Crippen molar-refractivity contribution in [3.8, 4) is 0 Å². The van der Waals surface area contributed by atoms with Gasteiger partial charge in [0.05, 0.1) is 0 Å². The Morgan fingerprint density at radius 3 is 2.33 bits per heavy atom. The van der Waals surface area contributed by atoms with Gasteiger partial charge in [-0.05, 0) is 6.42 Å². The largest absolute Gasteiger partial charge is 0.396 e. The molecule has 1 aliphatic heterocycles. The normalized spacial score (nSPS) is 18.5. The number of piperazine rings is 1. The maximum atomic E-state index is 11.7. The first-order chi connectivity index (χ1) is 7.15. The second kappa shape index (κ2) is 6.08. The first kappa shape index (κ1) is 12.5. The molecule has 1 saturated heterocycles. The number of nitrogens with zero attached hydrogens (tertiary/aromatic N) is 2. The van der Waals surface area contributed by atoms with Gasteiger partial charge in [0.25, 0.3) is 0 Å². The molecule has 15 heavy (non-hydrogen) atoms. The highest BCUT2D eigenvalue weighted by molar-refractivity contribution is 5.78. The van der Waals surface area contributed by atoms with Crippen molar-refractivity contribution in [1.82, 2.24) is 9.80 Å². The lowest BCUT2D eigenvalue weighted by Crippen LogP contribution is -2.50. The molecule has 0 spiro atoms. The summed E-state index contributed by atoms with van der Waals surface area (Å²) in [5, 5.41) is 8.72. The summed E-state index contributed by atoms with van der Waals surface area (Å²) in [6.07, 6.45) is 0.831. The van der Waals surface area contributed by atoms with Gasteiger partial charge in [-0.3, -0.25) is 9.69 Å². The van der Waals surface area contributed by atoms with E-state index in [2.05, 4.69) is 4.90 Å². The Morgan fingerprint density at radius 2 is 1.87 bits per heavy atom. The summed E-state index contributed by atoms with van der Waals surface area (Å²) in [4.78, 5) is 15.9. The zero-order valence-electron chi connectivity index (χ0n) is 9.78. The highest BCUT2D eigenvalue weighted by atomic mass is 16.3. The van der Waals surface area contributed by atoms with Crippen molar-refractivity contribution in [2.75, 3.05) is 39.3 Å². The van der Waals surface area contributed by atoms with Crippen molar-refractivity contribution in [3.63, 3.8) is 0 Å². The van der Waals surface area contributed by atoms with E-state index >= 15 is 0 Å².